The highest BCUT2D eigenvalue weighted by Crippen LogP contribution is 2.43. The molecule has 0 radical (unpaired) electrons. The van der Waals surface area contributed by atoms with Crippen LogP contribution in [0.1, 0.15) is 24.8 Å². The summed E-state index contributed by atoms with van der Waals surface area (Å²) in [5.41, 5.74) is 7.84. The fourth-order valence-electron chi connectivity index (χ4n) is 2.90. The molecule has 2 N–H and O–H groups in total. The van der Waals surface area contributed by atoms with E-state index in [2.05, 4.69) is 0 Å². The smallest absolute Gasteiger partial charge is 0.247 e. The Bertz CT molecular complexity index is 566. The van der Waals surface area contributed by atoms with E-state index < -0.39 is 0 Å². The van der Waals surface area contributed by atoms with Gasteiger partial charge in [-0.2, -0.15) is 0 Å². The Labute approximate surface area is 118 Å². The van der Waals surface area contributed by atoms with Crippen LogP contribution in [0.5, 0.6) is 0 Å². The van der Waals surface area contributed by atoms with Gasteiger partial charge in [-0.05, 0) is 30.9 Å². The molecule has 5 nitrogen and oxygen atoms in total. The zero-order chi connectivity index (χ0) is 14.3. The molecular weight excluding hydrogens is 254 g/mol. The molecule has 5 heteroatoms. The molecule has 1 aromatic carbocycles. The lowest BCUT2D eigenvalue weighted by Crippen LogP contribution is -2.53. The number of carbonyl (C=O) groups is 2. The third kappa shape index (κ3) is 1.98. The maximum atomic E-state index is 12.2. The van der Waals surface area contributed by atoms with Gasteiger partial charge in [0.15, 0.2) is 0 Å². The van der Waals surface area contributed by atoms with Crippen molar-refractivity contribution >= 4 is 17.5 Å². The molecule has 1 heterocycles. The Morgan fingerprint density at radius 3 is 2.45 bits per heavy atom. The van der Waals surface area contributed by atoms with E-state index in [1.807, 2.05) is 24.3 Å². The van der Waals surface area contributed by atoms with Crippen LogP contribution in [-0.4, -0.2) is 36.9 Å². The molecule has 106 valence electrons. The molecule has 1 saturated carbocycles. The van der Waals surface area contributed by atoms with Crippen molar-refractivity contribution in [3.63, 3.8) is 0 Å². The van der Waals surface area contributed by atoms with Crippen molar-refractivity contribution in [3.8, 4) is 0 Å². The number of carbonyl (C=O) groups excluding carboxylic acids is 2. The van der Waals surface area contributed by atoms with E-state index in [-0.39, 0.29) is 30.4 Å². The van der Waals surface area contributed by atoms with Crippen LogP contribution < -0.4 is 10.6 Å². The van der Waals surface area contributed by atoms with Crippen molar-refractivity contribution in [2.75, 3.05) is 25.0 Å². The summed E-state index contributed by atoms with van der Waals surface area (Å²) in [6.07, 6.45) is 2.97. The summed E-state index contributed by atoms with van der Waals surface area (Å²) in [6, 6.07) is 7.69. The molecule has 2 fully saturated rings. The topological polar surface area (TPSA) is 66.6 Å². The maximum Gasteiger partial charge on any atom is 0.247 e. The van der Waals surface area contributed by atoms with Gasteiger partial charge >= 0.3 is 0 Å². The third-order valence-corrected chi connectivity index (χ3v) is 4.37. The van der Waals surface area contributed by atoms with Crippen LogP contribution in [0.15, 0.2) is 24.3 Å². The van der Waals surface area contributed by atoms with Gasteiger partial charge in [-0.25, -0.2) is 0 Å². The number of rotatable bonds is 2. The number of hydrogen-bond donors (Lipinski definition) is 1. The van der Waals surface area contributed by atoms with Crippen molar-refractivity contribution in [1.82, 2.24) is 4.90 Å². The van der Waals surface area contributed by atoms with Gasteiger partial charge in [-0.1, -0.05) is 18.2 Å². The Kier molecular flexibility index (Phi) is 3.01. The van der Waals surface area contributed by atoms with E-state index >= 15 is 0 Å². The van der Waals surface area contributed by atoms with Crippen molar-refractivity contribution in [1.29, 1.82) is 0 Å². The van der Waals surface area contributed by atoms with Crippen molar-refractivity contribution in [3.05, 3.63) is 29.8 Å². The zero-order valence-corrected chi connectivity index (χ0v) is 11.6. The third-order valence-electron chi connectivity index (χ3n) is 4.37. The normalized spacial score (nSPS) is 21.9. The van der Waals surface area contributed by atoms with Crippen LogP contribution in [0, 0.1) is 0 Å². The van der Waals surface area contributed by atoms with Gasteiger partial charge in [0.05, 0.1) is 6.54 Å². The molecule has 20 heavy (non-hydrogen) atoms. The Hall–Kier alpha value is -1.88. The summed E-state index contributed by atoms with van der Waals surface area (Å²) < 4.78 is 0. The molecule has 0 atom stereocenters. The molecule has 0 spiro atoms. The molecule has 0 unspecified atom stereocenters. The largest absolute Gasteiger partial charge is 0.335 e. The van der Waals surface area contributed by atoms with Crippen LogP contribution in [0.4, 0.5) is 5.69 Å². The molecule has 3 rings (SSSR count). The first-order chi connectivity index (χ1) is 9.51. The zero-order valence-electron chi connectivity index (χ0n) is 11.6. The summed E-state index contributed by atoms with van der Waals surface area (Å²) in [4.78, 5) is 27.1. The molecule has 0 aromatic heterocycles. The van der Waals surface area contributed by atoms with Gasteiger partial charge in [0.2, 0.25) is 11.8 Å². The van der Waals surface area contributed by atoms with Gasteiger partial charge in [0.25, 0.3) is 0 Å². The van der Waals surface area contributed by atoms with Crippen LogP contribution in [0.25, 0.3) is 0 Å². The number of likely N-dealkylation sites (N-methyl/N-ethyl adjacent to an activating group) is 1. The van der Waals surface area contributed by atoms with Crippen LogP contribution in [0.3, 0.4) is 0 Å². The highest BCUT2D eigenvalue weighted by atomic mass is 16.2. The second-order valence-corrected chi connectivity index (χ2v) is 5.76. The first-order valence-electron chi connectivity index (χ1n) is 6.94. The Balaban J connectivity index is 1.98. The molecule has 1 saturated heterocycles. The molecule has 1 aromatic rings. The lowest BCUT2D eigenvalue weighted by Gasteiger charge is -2.42. The number of anilines is 1. The first kappa shape index (κ1) is 13.1. The molecule has 1 aliphatic carbocycles. The van der Waals surface area contributed by atoms with Gasteiger partial charge in [-0.15, -0.1) is 0 Å². The van der Waals surface area contributed by atoms with E-state index in [1.165, 1.54) is 4.90 Å². The summed E-state index contributed by atoms with van der Waals surface area (Å²) >= 11 is 0. The van der Waals surface area contributed by atoms with Gasteiger partial charge < -0.3 is 15.5 Å². The highest BCUT2D eigenvalue weighted by molar-refractivity contribution is 6.05. The van der Waals surface area contributed by atoms with E-state index in [0.29, 0.717) is 0 Å². The monoisotopic (exact) mass is 273 g/mol. The van der Waals surface area contributed by atoms with Crippen LogP contribution in [-0.2, 0) is 15.1 Å². The van der Waals surface area contributed by atoms with E-state index in [9.17, 15) is 9.59 Å². The summed E-state index contributed by atoms with van der Waals surface area (Å²) in [5.74, 6) is -0.0958. The fourth-order valence-corrected chi connectivity index (χ4v) is 2.90. The standard InChI is InChI=1S/C15H19N3O2/c1-17-9-14(20)18(10-13(17)19)12-6-3-2-5-11(12)15(16)7-4-8-15/h2-3,5-6H,4,7-10,16H2,1H3. The minimum atomic E-state index is -0.344. The Morgan fingerprint density at radius 1 is 1.10 bits per heavy atom. The predicted molar refractivity (Wildman–Crippen MR) is 76.1 cm³/mol. The van der Waals surface area contributed by atoms with E-state index in [1.54, 1.807) is 11.9 Å². The van der Waals surface area contributed by atoms with Crippen molar-refractivity contribution in [2.24, 2.45) is 5.73 Å². The van der Waals surface area contributed by atoms with Gasteiger partial charge in [0.1, 0.15) is 6.54 Å². The molecular formula is C15H19N3O2. The molecule has 1 aliphatic heterocycles. The number of nitrogens with zero attached hydrogens (tertiary/aromatic N) is 2. The minimum absolute atomic E-state index is 0.0425. The second kappa shape index (κ2) is 4.59. The average Bonchev–Trinajstić information content (AvgIpc) is 2.40. The summed E-state index contributed by atoms with van der Waals surface area (Å²) in [7, 11) is 1.65. The minimum Gasteiger partial charge on any atom is -0.335 e. The van der Waals surface area contributed by atoms with Crippen LogP contribution in [0.2, 0.25) is 0 Å². The number of nitrogens with two attached hydrogens (primary N) is 1. The van der Waals surface area contributed by atoms with Crippen molar-refractivity contribution < 1.29 is 9.59 Å². The summed E-state index contributed by atoms with van der Waals surface area (Å²) in [5, 5.41) is 0. The highest BCUT2D eigenvalue weighted by Gasteiger charge is 2.39. The lowest BCUT2D eigenvalue weighted by atomic mass is 9.72. The maximum absolute atomic E-state index is 12.2. The lowest BCUT2D eigenvalue weighted by molar-refractivity contribution is -0.136. The number of hydrogen-bond acceptors (Lipinski definition) is 3. The first-order valence-corrected chi connectivity index (χ1v) is 6.94. The quantitative estimate of drug-likeness (QED) is 0.868. The average molecular weight is 273 g/mol. The van der Waals surface area contributed by atoms with Crippen LogP contribution >= 0.6 is 0 Å². The molecule has 0 bridgehead atoms. The Morgan fingerprint density at radius 2 is 1.80 bits per heavy atom. The fraction of sp³-hybridized carbons (Fsp3) is 0.467. The van der Waals surface area contributed by atoms with Gasteiger partial charge in [-0.3, -0.25) is 9.59 Å². The number of amides is 2. The predicted octanol–water partition coefficient (Wildman–Crippen LogP) is 0.829. The molecule has 2 aliphatic rings. The second-order valence-electron chi connectivity index (χ2n) is 5.76. The van der Waals surface area contributed by atoms with E-state index in [4.69, 9.17) is 5.73 Å². The SMILES string of the molecule is CN1CC(=O)N(c2ccccc2C2(N)CCC2)CC1=O. The van der Waals surface area contributed by atoms with Crippen molar-refractivity contribution in [2.45, 2.75) is 24.8 Å². The molecule has 2 amide bonds. The van der Waals surface area contributed by atoms with Gasteiger partial charge in [0, 0.05) is 18.3 Å². The number of piperazine rings is 1. The van der Waals surface area contributed by atoms with E-state index in [0.717, 1.165) is 30.5 Å². The summed E-state index contributed by atoms with van der Waals surface area (Å²) in [6.45, 7) is 0.229. The number of para-hydroxylation sites is 1. The number of benzene rings is 1.